The number of hydrogen-bond donors (Lipinski definition) is 2. The molecule has 0 atom stereocenters. The number of anilines is 2. The van der Waals surface area contributed by atoms with Crippen molar-refractivity contribution < 1.29 is 4.79 Å². The zero-order chi connectivity index (χ0) is 17.8. The first-order chi connectivity index (χ1) is 12.8. The summed E-state index contributed by atoms with van der Waals surface area (Å²) < 4.78 is 0. The standard InChI is InChI=1S/C20H17N5O/c26-18(25-17-9-3-5-14-6-4-11-21-19(14)17)10-12-22-20-15-7-1-2-8-16(15)23-13-24-20/h1-9,11,13H,10,12H2,(H,25,26)(H,22,23,24). The van der Waals surface area contributed by atoms with Crippen LogP contribution >= 0.6 is 0 Å². The molecule has 1 amide bonds. The molecule has 0 aliphatic heterocycles. The molecular weight excluding hydrogens is 326 g/mol. The highest BCUT2D eigenvalue weighted by Gasteiger charge is 2.07. The molecule has 4 aromatic rings. The molecular formula is C20H17N5O. The molecule has 0 unspecified atom stereocenters. The minimum absolute atomic E-state index is 0.0750. The quantitative estimate of drug-likeness (QED) is 0.578. The third-order valence-electron chi connectivity index (χ3n) is 4.09. The lowest BCUT2D eigenvalue weighted by atomic mass is 10.2. The number of nitrogens with one attached hydrogen (secondary N) is 2. The van der Waals surface area contributed by atoms with Crippen LogP contribution in [0.15, 0.2) is 67.1 Å². The molecule has 0 spiro atoms. The third kappa shape index (κ3) is 3.30. The summed E-state index contributed by atoms with van der Waals surface area (Å²) in [5, 5.41) is 8.08. The van der Waals surface area contributed by atoms with E-state index in [1.54, 1.807) is 6.20 Å². The van der Waals surface area contributed by atoms with Gasteiger partial charge in [0.15, 0.2) is 0 Å². The second kappa shape index (κ2) is 7.14. The molecule has 6 heteroatoms. The van der Waals surface area contributed by atoms with Gasteiger partial charge in [-0.05, 0) is 24.3 Å². The number of hydrogen-bond acceptors (Lipinski definition) is 5. The number of aromatic nitrogens is 3. The maximum atomic E-state index is 12.3. The van der Waals surface area contributed by atoms with E-state index in [2.05, 4.69) is 25.6 Å². The number of pyridine rings is 1. The minimum Gasteiger partial charge on any atom is -0.369 e. The van der Waals surface area contributed by atoms with Gasteiger partial charge in [-0.25, -0.2) is 9.97 Å². The summed E-state index contributed by atoms with van der Waals surface area (Å²) in [4.78, 5) is 25.1. The van der Waals surface area contributed by atoms with E-state index in [9.17, 15) is 4.79 Å². The van der Waals surface area contributed by atoms with Gasteiger partial charge in [-0.2, -0.15) is 0 Å². The van der Waals surface area contributed by atoms with Crippen LogP contribution in [0.1, 0.15) is 6.42 Å². The van der Waals surface area contributed by atoms with Gasteiger partial charge in [0.2, 0.25) is 5.91 Å². The number of benzene rings is 2. The van der Waals surface area contributed by atoms with Crippen LogP contribution in [0.2, 0.25) is 0 Å². The monoisotopic (exact) mass is 343 g/mol. The van der Waals surface area contributed by atoms with E-state index in [-0.39, 0.29) is 5.91 Å². The van der Waals surface area contributed by atoms with Crippen molar-refractivity contribution in [2.24, 2.45) is 0 Å². The highest BCUT2D eigenvalue weighted by atomic mass is 16.1. The van der Waals surface area contributed by atoms with Crippen LogP contribution in [0.4, 0.5) is 11.5 Å². The Kier molecular flexibility index (Phi) is 4.38. The molecule has 26 heavy (non-hydrogen) atoms. The van der Waals surface area contributed by atoms with Gasteiger partial charge in [-0.1, -0.05) is 30.3 Å². The molecule has 4 rings (SSSR count). The Morgan fingerprint density at radius 1 is 0.923 bits per heavy atom. The maximum absolute atomic E-state index is 12.3. The van der Waals surface area contributed by atoms with E-state index in [0.29, 0.717) is 13.0 Å². The maximum Gasteiger partial charge on any atom is 0.226 e. The van der Waals surface area contributed by atoms with E-state index in [1.807, 2.05) is 54.6 Å². The minimum atomic E-state index is -0.0750. The largest absolute Gasteiger partial charge is 0.369 e. The van der Waals surface area contributed by atoms with Crippen LogP contribution in [0.25, 0.3) is 21.8 Å². The summed E-state index contributed by atoms with van der Waals surface area (Å²) >= 11 is 0. The SMILES string of the molecule is O=C(CCNc1ncnc2ccccc12)Nc1cccc2cccnc12. The predicted molar refractivity (Wildman–Crippen MR) is 103 cm³/mol. The van der Waals surface area contributed by atoms with Gasteiger partial charge < -0.3 is 10.6 Å². The molecule has 2 heterocycles. The molecule has 2 N–H and O–H groups in total. The average molecular weight is 343 g/mol. The number of carbonyl (C=O) groups is 1. The van der Waals surface area contributed by atoms with Crippen LogP contribution in [0.3, 0.4) is 0 Å². The van der Waals surface area contributed by atoms with Crippen LogP contribution in [-0.4, -0.2) is 27.4 Å². The Bertz CT molecular complexity index is 1070. The Balaban J connectivity index is 1.41. The summed E-state index contributed by atoms with van der Waals surface area (Å²) in [6.45, 7) is 0.477. The zero-order valence-electron chi connectivity index (χ0n) is 14.0. The zero-order valence-corrected chi connectivity index (χ0v) is 14.0. The molecule has 0 saturated carbocycles. The van der Waals surface area contributed by atoms with Crippen molar-refractivity contribution in [3.8, 4) is 0 Å². The smallest absolute Gasteiger partial charge is 0.226 e. The molecule has 0 radical (unpaired) electrons. The van der Waals surface area contributed by atoms with Gasteiger partial charge in [-0.3, -0.25) is 9.78 Å². The van der Waals surface area contributed by atoms with Crippen molar-refractivity contribution >= 4 is 39.2 Å². The lowest BCUT2D eigenvalue weighted by Crippen LogP contribution is -2.17. The first-order valence-electron chi connectivity index (χ1n) is 8.38. The van der Waals surface area contributed by atoms with Crippen LogP contribution in [-0.2, 0) is 4.79 Å². The molecule has 0 bridgehead atoms. The second-order valence-electron chi connectivity index (χ2n) is 5.85. The van der Waals surface area contributed by atoms with Gasteiger partial charge in [0.1, 0.15) is 12.1 Å². The van der Waals surface area contributed by atoms with Crippen molar-refractivity contribution in [1.82, 2.24) is 15.0 Å². The Morgan fingerprint density at radius 3 is 2.77 bits per heavy atom. The third-order valence-corrected chi connectivity index (χ3v) is 4.09. The van der Waals surface area contributed by atoms with E-state index < -0.39 is 0 Å². The van der Waals surface area contributed by atoms with E-state index in [0.717, 1.165) is 33.3 Å². The van der Waals surface area contributed by atoms with Gasteiger partial charge in [0.25, 0.3) is 0 Å². The van der Waals surface area contributed by atoms with Gasteiger partial charge in [-0.15, -0.1) is 0 Å². The number of carbonyl (C=O) groups excluding carboxylic acids is 1. The van der Waals surface area contributed by atoms with E-state index in [4.69, 9.17) is 0 Å². The summed E-state index contributed by atoms with van der Waals surface area (Å²) in [6.07, 6.45) is 3.56. The topological polar surface area (TPSA) is 79.8 Å². The summed E-state index contributed by atoms with van der Waals surface area (Å²) in [7, 11) is 0. The Labute approximate surface area is 150 Å². The fourth-order valence-corrected chi connectivity index (χ4v) is 2.86. The first kappa shape index (κ1) is 16.0. The normalized spacial score (nSPS) is 10.8. The fourth-order valence-electron chi connectivity index (χ4n) is 2.86. The Hall–Kier alpha value is -3.54. The molecule has 2 aromatic heterocycles. The molecule has 2 aromatic carbocycles. The molecule has 128 valence electrons. The lowest BCUT2D eigenvalue weighted by Gasteiger charge is -2.10. The fraction of sp³-hybridized carbons (Fsp3) is 0.100. The second-order valence-corrected chi connectivity index (χ2v) is 5.85. The average Bonchev–Trinajstić information content (AvgIpc) is 2.68. The lowest BCUT2D eigenvalue weighted by molar-refractivity contribution is -0.115. The number of amides is 1. The van der Waals surface area contributed by atoms with Crippen molar-refractivity contribution in [3.05, 3.63) is 67.1 Å². The van der Waals surface area contributed by atoms with Gasteiger partial charge in [0, 0.05) is 29.9 Å². The molecule has 6 nitrogen and oxygen atoms in total. The number of fused-ring (bicyclic) bond motifs is 2. The Morgan fingerprint density at radius 2 is 1.81 bits per heavy atom. The number of para-hydroxylation sites is 2. The summed E-state index contributed by atoms with van der Waals surface area (Å²) in [5.41, 5.74) is 2.38. The van der Waals surface area contributed by atoms with E-state index in [1.165, 1.54) is 6.33 Å². The highest BCUT2D eigenvalue weighted by molar-refractivity contribution is 6.00. The molecule has 0 saturated heterocycles. The summed E-state index contributed by atoms with van der Waals surface area (Å²) in [5.74, 6) is 0.657. The molecule has 0 fully saturated rings. The van der Waals surface area contributed by atoms with E-state index >= 15 is 0 Å². The summed E-state index contributed by atoms with van der Waals surface area (Å²) in [6, 6.07) is 17.4. The predicted octanol–water partition coefficient (Wildman–Crippen LogP) is 3.62. The van der Waals surface area contributed by atoms with Crippen LogP contribution in [0, 0.1) is 0 Å². The van der Waals surface area contributed by atoms with Gasteiger partial charge >= 0.3 is 0 Å². The molecule has 0 aliphatic carbocycles. The van der Waals surface area contributed by atoms with Crippen molar-refractivity contribution in [3.63, 3.8) is 0 Å². The first-order valence-corrected chi connectivity index (χ1v) is 8.38. The van der Waals surface area contributed by atoms with Crippen molar-refractivity contribution in [2.45, 2.75) is 6.42 Å². The van der Waals surface area contributed by atoms with Crippen molar-refractivity contribution in [1.29, 1.82) is 0 Å². The van der Waals surface area contributed by atoms with Crippen LogP contribution < -0.4 is 10.6 Å². The number of rotatable bonds is 5. The number of nitrogens with zero attached hydrogens (tertiary/aromatic N) is 3. The van der Waals surface area contributed by atoms with Gasteiger partial charge in [0.05, 0.1) is 16.7 Å². The van der Waals surface area contributed by atoms with Crippen molar-refractivity contribution in [2.75, 3.05) is 17.2 Å². The molecule has 0 aliphatic rings. The van der Waals surface area contributed by atoms with Crippen LogP contribution in [0.5, 0.6) is 0 Å². The highest BCUT2D eigenvalue weighted by Crippen LogP contribution is 2.21.